The minimum atomic E-state index is -0.743. The fourth-order valence-electron chi connectivity index (χ4n) is 3.46. The highest BCUT2D eigenvalue weighted by atomic mass is 16.2. The monoisotopic (exact) mass is 386 g/mol. The number of carbonyl (C=O) groups is 4. The average Bonchev–Trinajstić information content (AvgIpc) is 2.86. The molecule has 0 atom stereocenters. The molecule has 150 valence electrons. The Hall–Kier alpha value is -2.74. The fourth-order valence-corrected chi connectivity index (χ4v) is 3.46. The summed E-state index contributed by atoms with van der Waals surface area (Å²) in [5.41, 5.74) is 1.72. The molecule has 0 unspecified atom stereocenters. The van der Waals surface area contributed by atoms with E-state index in [-0.39, 0.29) is 24.9 Å². The lowest BCUT2D eigenvalue weighted by molar-refractivity contribution is -0.144. The number of amides is 4. The normalized spacial score (nSPS) is 18.6. The van der Waals surface area contributed by atoms with Crippen molar-refractivity contribution in [3.05, 3.63) is 29.8 Å². The van der Waals surface area contributed by atoms with Gasteiger partial charge in [-0.05, 0) is 37.1 Å². The molecule has 1 aromatic carbocycles. The van der Waals surface area contributed by atoms with Crippen molar-refractivity contribution in [3.63, 3.8) is 0 Å². The molecule has 0 aromatic heterocycles. The standard InChI is InChI=1S/C20H26N4O4/c1-14(2)12-23-18(26)19(27)24(20(23)28)13-21-8-10-22(11-9-21)17-6-4-16(5-7-17)15(3)25/h4-7,14H,8-13H2,1-3H3. The molecular formula is C20H26N4O4. The summed E-state index contributed by atoms with van der Waals surface area (Å²) in [5, 5.41) is 0. The Morgan fingerprint density at radius 3 is 2.04 bits per heavy atom. The lowest BCUT2D eigenvalue weighted by atomic mass is 10.1. The van der Waals surface area contributed by atoms with Gasteiger partial charge in [-0.15, -0.1) is 0 Å². The van der Waals surface area contributed by atoms with E-state index in [1.165, 1.54) is 0 Å². The molecular weight excluding hydrogens is 360 g/mol. The second-order valence-corrected chi connectivity index (χ2v) is 7.67. The van der Waals surface area contributed by atoms with E-state index < -0.39 is 17.8 Å². The van der Waals surface area contributed by atoms with Crippen LogP contribution in [0.25, 0.3) is 0 Å². The molecule has 3 rings (SSSR count). The molecule has 2 saturated heterocycles. The molecule has 2 aliphatic heterocycles. The third kappa shape index (κ3) is 4.06. The number of ketones is 1. The van der Waals surface area contributed by atoms with E-state index >= 15 is 0 Å². The number of carbonyl (C=O) groups excluding carboxylic acids is 4. The quantitative estimate of drug-likeness (QED) is 0.418. The van der Waals surface area contributed by atoms with Crippen molar-refractivity contribution in [2.24, 2.45) is 5.92 Å². The molecule has 8 nitrogen and oxygen atoms in total. The van der Waals surface area contributed by atoms with E-state index in [0.29, 0.717) is 18.7 Å². The van der Waals surface area contributed by atoms with Crippen molar-refractivity contribution in [1.29, 1.82) is 0 Å². The number of urea groups is 1. The van der Waals surface area contributed by atoms with Crippen molar-refractivity contribution in [2.75, 3.05) is 44.3 Å². The molecule has 28 heavy (non-hydrogen) atoms. The highest BCUT2D eigenvalue weighted by Gasteiger charge is 2.45. The van der Waals surface area contributed by atoms with Crippen molar-refractivity contribution < 1.29 is 19.2 Å². The summed E-state index contributed by atoms with van der Waals surface area (Å²) in [6.07, 6.45) is 0. The third-order valence-corrected chi connectivity index (χ3v) is 5.04. The van der Waals surface area contributed by atoms with E-state index in [1.54, 1.807) is 6.92 Å². The van der Waals surface area contributed by atoms with Crippen LogP contribution in [0.4, 0.5) is 10.5 Å². The van der Waals surface area contributed by atoms with Crippen molar-refractivity contribution in [2.45, 2.75) is 20.8 Å². The molecule has 0 bridgehead atoms. The Morgan fingerprint density at radius 2 is 1.50 bits per heavy atom. The number of anilines is 1. The van der Waals surface area contributed by atoms with Crippen LogP contribution in [0, 0.1) is 5.92 Å². The topological polar surface area (TPSA) is 81.2 Å². The number of Topliss-reactive ketones (excluding diaryl/α,β-unsaturated/α-hetero) is 1. The lowest BCUT2D eigenvalue weighted by Gasteiger charge is -2.37. The Balaban J connectivity index is 1.57. The van der Waals surface area contributed by atoms with Crippen LogP contribution in [0.2, 0.25) is 0 Å². The Labute approximate surface area is 164 Å². The Bertz CT molecular complexity index is 782. The zero-order chi connectivity index (χ0) is 20.4. The number of hydrogen-bond acceptors (Lipinski definition) is 6. The Kier molecular flexibility index (Phi) is 5.79. The van der Waals surface area contributed by atoms with E-state index in [0.717, 1.165) is 28.6 Å². The molecule has 4 amide bonds. The molecule has 1 aromatic rings. The van der Waals surface area contributed by atoms with Gasteiger partial charge in [-0.25, -0.2) is 9.69 Å². The van der Waals surface area contributed by atoms with Gasteiger partial charge >= 0.3 is 17.8 Å². The van der Waals surface area contributed by atoms with Gasteiger partial charge in [0.2, 0.25) is 0 Å². The van der Waals surface area contributed by atoms with Crippen LogP contribution in [0.5, 0.6) is 0 Å². The molecule has 0 aliphatic carbocycles. The van der Waals surface area contributed by atoms with E-state index in [4.69, 9.17) is 0 Å². The van der Waals surface area contributed by atoms with Crippen molar-refractivity contribution in [1.82, 2.24) is 14.7 Å². The number of imide groups is 2. The van der Waals surface area contributed by atoms with E-state index in [9.17, 15) is 19.2 Å². The maximum atomic E-state index is 12.5. The molecule has 0 radical (unpaired) electrons. The predicted octanol–water partition coefficient (Wildman–Crippen LogP) is 1.42. The first-order valence-electron chi connectivity index (χ1n) is 9.53. The molecule has 2 fully saturated rings. The number of rotatable bonds is 6. The largest absolute Gasteiger partial charge is 0.369 e. The lowest BCUT2D eigenvalue weighted by Crippen LogP contribution is -2.51. The van der Waals surface area contributed by atoms with Gasteiger partial charge < -0.3 is 4.90 Å². The zero-order valence-corrected chi connectivity index (χ0v) is 16.6. The summed E-state index contributed by atoms with van der Waals surface area (Å²) in [7, 11) is 0. The molecule has 2 aliphatic rings. The van der Waals surface area contributed by atoms with Crippen LogP contribution in [0.15, 0.2) is 24.3 Å². The van der Waals surface area contributed by atoms with Gasteiger partial charge in [-0.2, -0.15) is 0 Å². The number of piperazine rings is 1. The molecule has 8 heteroatoms. The van der Waals surface area contributed by atoms with Gasteiger partial charge in [-0.3, -0.25) is 24.2 Å². The first-order chi connectivity index (χ1) is 13.3. The van der Waals surface area contributed by atoms with Gasteiger partial charge in [0.25, 0.3) is 0 Å². The summed E-state index contributed by atoms with van der Waals surface area (Å²) in [6.45, 7) is 8.54. The zero-order valence-electron chi connectivity index (χ0n) is 16.6. The van der Waals surface area contributed by atoms with E-state index in [1.807, 2.05) is 43.0 Å². The second kappa shape index (κ2) is 8.10. The van der Waals surface area contributed by atoms with Crippen molar-refractivity contribution >= 4 is 29.3 Å². The first-order valence-corrected chi connectivity index (χ1v) is 9.53. The summed E-state index contributed by atoms with van der Waals surface area (Å²) in [4.78, 5) is 54.4. The van der Waals surface area contributed by atoms with Gasteiger partial charge in [0.15, 0.2) is 5.78 Å². The van der Waals surface area contributed by atoms with E-state index in [2.05, 4.69) is 4.90 Å². The highest BCUT2D eigenvalue weighted by molar-refractivity contribution is 6.44. The van der Waals surface area contributed by atoms with Gasteiger partial charge in [0.05, 0.1) is 6.67 Å². The van der Waals surface area contributed by atoms with Gasteiger partial charge in [0, 0.05) is 44.0 Å². The summed E-state index contributed by atoms with van der Waals surface area (Å²) >= 11 is 0. The summed E-state index contributed by atoms with van der Waals surface area (Å²) in [5.74, 6) is -1.33. The number of benzene rings is 1. The summed E-state index contributed by atoms with van der Waals surface area (Å²) in [6, 6.07) is 6.98. The van der Waals surface area contributed by atoms with Crippen LogP contribution >= 0.6 is 0 Å². The maximum Gasteiger partial charge on any atom is 0.335 e. The Morgan fingerprint density at radius 1 is 0.929 bits per heavy atom. The molecule has 0 saturated carbocycles. The summed E-state index contributed by atoms with van der Waals surface area (Å²) < 4.78 is 0. The molecule has 0 N–H and O–H groups in total. The van der Waals surface area contributed by atoms with Crippen LogP contribution < -0.4 is 4.90 Å². The number of hydrogen-bond donors (Lipinski definition) is 0. The van der Waals surface area contributed by atoms with Gasteiger partial charge in [-0.1, -0.05) is 13.8 Å². The van der Waals surface area contributed by atoms with Crippen LogP contribution in [0.1, 0.15) is 31.1 Å². The van der Waals surface area contributed by atoms with Gasteiger partial charge in [0.1, 0.15) is 0 Å². The highest BCUT2D eigenvalue weighted by Crippen LogP contribution is 2.19. The average molecular weight is 386 g/mol. The minimum Gasteiger partial charge on any atom is -0.369 e. The minimum absolute atomic E-state index is 0.0392. The first kappa shape index (κ1) is 20.0. The second-order valence-electron chi connectivity index (χ2n) is 7.67. The molecule has 0 spiro atoms. The van der Waals surface area contributed by atoms with Crippen molar-refractivity contribution in [3.8, 4) is 0 Å². The smallest absolute Gasteiger partial charge is 0.335 e. The van der Waals surface area contributed by atoms with Crippen LogP contribution in [0.3, 0.4) is 0 Å². The predicted molar refractivity (Wildman–Crippen MR) is 104 cm³/mol. The fraction of sp³-hybridized carbons (Fsp3) is 0.500. The van der Waals surface area contributed by atoms with Crippen LogP contribution in [-0.2, 0) is 9.59 Å². The molecule has 2 heterocycles. The SMILES string of the molecule is CC(=O)c1ccc(N2CCN(CN3C(=O)C(=O)N(CC(C)C)C3=O)CC2)cc1. The maximum absolute atomic E-state index is 12.5. The van der Waals surface area contributed by atoms with Crippen LogP contribution in [-0.4, -0.2) is 77.7 Å². The third-order valence-electron chi connectivity index (χ3n) is 5.04. The number of nitrogens with zero attached hydrogens (tertiary/aromatic N) is 4.